The molecule has 14 heavy (non-hydrogen) atoms. The number of benzene rings is 1. The Hall–Kier alpha value is -0.900. The summed E-state index contributed by atoms with van der Waals surface area (Å²) in [5.74, 6) is -0.440. The van der Waals surface area contributed by atoms with Gasteiger partial charge in [-0.05, 0) is 6.07 Å². The Morgan fingerprint density at radius 3 is 2.50 bits per heavy atom. The van der Waals surface area contributed by atoms with Crippen LogP contribution in [0.5, 0.6) is 5.75 Å². The van der Waals surface area contributed by atoms with Crippen LogP contribution in [0.4, 0.5) is 0 Å². The number of hydrogen-bond acceptors (Lipinski definition) is 5. The van der Waals surface area contributed by atoms with Gasteiger partial charge in [-0.15, -0.1) is 12.6 Å². The first-order valence-corrected chi connectivity index (χ1v) is 6.02. The average molecular weight is 250 g/mol. The molecule has 0 bridgehead atoms. The van der Waals surface area contributed by atoms with Gasteiger partial charge in [0.05, 0.1) is 10.5 Å². The molecule has 0 radical (unpaired) electrons. The summed E-state index contributed by atoms with van der Waals surface area (Å²) in [6.07, 6.45) is 0. The maximum atomic E-state index is 10.9. The van der Waals surface area contributed by atoms with Crippen LogP contribution in [0.1, 0.15) is 5.56 Å². The Bertz CT molecular complexity index is 518. The van der Waals surface area contributed by atoms with E-state index < -0.39 is 14.8 Å². The van der Waals surface area contributed by atoms with Crippen LogP contribution in [0.3, 0.4) is 0 Å². The number of phenols is 1. The minimum Gasteiger partial charge on any atom is -0.507 e. The van der Waals surface area contributed by atoms with Gasteiger partial charge < -0.3 is 5.11 Å². The third-order valence-electron chi connectivity index (χ3n) is 1.46. The van der Waals surface area contributed by atoms with Crippen LogP contribution in [0, 0.1) is 11.3 Å². The largest absolute Gasteiger partial charge is 0.507 e. The molecule has 74 valence electrons. The van der Waals surface area contributed by atoms with E-state index in [-0.39, 0.29) is 15.4 Å². The summed E-state index contributed by atoms with van der Waals surface area (Å²) >= 11 is 3.84. The molecule has 0 amide bonds. The van der Waals surface area contributed by atoms with Gasteiger partial charge in [0, 0.05) is 21.6 Å². The molecule has 1 aromatic carbocycles. The van der Waals surface area contributed by atoms with Crippen molar-refractivity contribution in [3.05, 3.63) is 17.7 Å². The fourth-order valence-corrected chi connectivity index (χ4v) is 2.50. The van der Waals surface area contributed by atoms with Gasteiger partial charge in [0.15, 0.2) is 0 Å². The van der Waals surface area contributed by atoms with Crippen molar-refractivity contribution in [3.63, 3.8) is 0 Å². The maximum Gasteiger partial charge on any atom is 0.262 e. The molecular weight excluding hydrogens is 246 g/mol. The molecular formula is C7H4ClNO3S2. The Morgan fingerprint density at radius 2 is 2.07 bits per heavy atom. The average Bonchev–Trinajstić information content (AvgIpc) is 2.06. The number of hydrogen-bond donors (Lipinski definition) is 2. The van der Waals surface area contributed by atoms with Crippen LogP contribution in [-0.4, -0.2) is 13.5 Å². The van der Waals surface area contributed by atoms with E-state index >= 15 is 0 Å². The summed E-state index contributed by atoms with van der Waals surface area (Å²) in [5, 5.41) is 17.7. The zero-order chi connectivity index (χ0) is 10.9. The van der Waals surface area contributed by atoms with Crippen LogP contribution in [0.25, 0.3) is 0 Å². The van der Waals surface area contributed by atoms with Crippen LogP contribution in [-0.2, 0) is 9.05 Å². The first-order valence-electron chi connectivity index (χ1n) is 3.27. The molecule has 0 aliphatic carbocycles. The molecule has 7 heteroatoms. The molecule has 0 spiro atoms. The zero-order valence-corrected chi connectivity index (χ0v) is 9.07. The normalized spacial score (nSPS) is 10.9. The lowest BCUT2D eigenvalue weighted by molar-refractivity contribution is 0.470. The van der Waals surface area contributed by atoms with Crippen molar-refractivity contribution in [3.8, 4) is 11.8 Å². The topological polar surface area (TPSA) is 78.2 Å². The maximum absolute atomic E-state index is 10.9. The van der Waals surface area contributed by atoms with Gasteiger partial charge in [0.25, 0.3) is 9.05 Å². The lowest BCUT2D eigenvalue weighted by Gasteiger charge is -2.02. The molecule has 4 nitrogen and oxygen atoms in total. The molecule has 0 aliphatic rings. The van der Waals surface area contributed by atoms with E-state index in [1.54, 1.807) is 6.07 Å². The Morgan fingerprint density at radius 1 is 1.50 bits per heavy atom. The van der Waals surface area contributed by atoms with Crippen molar-refractivity contribution in [1.29, 1.82) is 5.26 Å². The van der Waals surface area contributed by atoms with E-state index in [4.69, 9.17) is 15.9 Å². The van der Waals surface area contributed by atoms with Gasteiger partial charge in [-0.25, -0.2) is 8.42 Å². The van der Waals surface area contributed by atoms with Crippen molar-refractivity contribution in [2.24, 2.45) is 0 Å². The van der Waals surface area contributed by atoms with E-state index in [2.05, 4.69) is 12.6 Å². The molecule has 0 saturated heterocycles. The standard InChI is InChI=1S/C7H4ClNO3S2/c8-14(11,12)7-2-5(10)4(3-9)1-6(7)13/h1-2,10,13H. The number of halogens is 1. The number of nitrogens with zero attached hydrogens (tertiary/aromatic N) is 1. The SMILES string of the molecule is N#Cc1cc(S)c(S(=O)(=O)Cl)cc1O. The summed E-state index contributed by atoms with van der Waals surface area (Å²) in [5.41, 5.74) is -0.0564. The second-order valence-corrected chi connectivity index (χ2v) is 5.40. The monoisotopic (exact) mass is 249 g/mol. The second-order valence-electron chi connectivity index (χ2n) is 2.39. The van der Waals surface area contributed by atoms with Crippen molar-refractivity contribution in [2.45, 2.75) is 9.79 Å². The van der Waals surface area contributed by atoms with E-state index in [0.29, 0.717) is 0 Å². The Kier molecular flexibility index (Phi) is 2.95. The molecule has 1 rings (SSSR count). The van der Waals surface area contributed by atoms with Gasteiger partial charge in [-0.2, -0.15) is 5.26 Å². The summed E-state index contributed by atoms with van der Waals surface area (Å²) in [6.45, 7) is 0. The second kappa shape index (κ2) is 3.69. The first-order chi connectivity index (χ1) is 6.36. The fraction of sp³-hybridized carbons (Fsp3) is 0. The number of thiol groups is 1. The highest BCUT2D eigenvalue weighted by Gasteiger charge is 2.17. The number of aromatic hydroxyl groups is 1. The Labute approximate surface area is 90.6 Å². The molecule has 1 N–H and O–H groups in total. The van der Waals surface area contributed by atoms with Crippen molar-refractivity contribution in [2.75, 3.05) is 0 Å². The predicted molar refractivity (Wildman–Crippen MR) is 53.1 cm³/mol. The van der Waals surface area contributed by atoms with Gasteiger partial charge in [-0.3, -0.25) is 0 Å². The molecule has 0 saturated carbocycles. The fourth-order valence-electron chi connectivity index (χ4n) is 0.842. The quantitative estimate of drug-likeness (QED) is 0.584. The molecule has 0 unspecified atom stereocenters. The number of rotatable bonds is 1. The van der Waals surface area contributed by atoms with E-state index in [1.807, 2.05) is 0 Å². The third kappa shape index (κ3) is 2.12. The van der Waals surface area contributed by atoms with Crippen LogP contribution >= 0.6 is 23.3 Å². The van der Waals surface area contributed by atoms with Crippen molar-refractivity contribution >= 4 is 32.4 Å². The summed E-state index contributed by atoms with van der Waals surface area (Å²) in [4.78, 5) is -0.298. The smallest absolute Gasteiger partial charge is 0.262 e. The molecule has 1 aromatic rings. The number of phenolic OH excluding ortho intramolecular Hbond substituents is 1. The third-order valence-corrected chi connectivity index (χ3v) is 3.34. The highest BCUT2D eigenvalue weighted by molar-refractivity contribution is 8.14. The summed E-state index contributed by atoms with van der Waals surface area (Å²) < 4.78 is 21.9. The van der Waals surface area contributed by atoms with Gasteiger partial charge in [0.2, 0.25) is 0 Å². The molecule has 0 fully saturated rings. The van der Waals surface area contributed by atoms with Crippen molar-refractivity contribution in [1.82, 2.24) is 0 Å². The number of nitriles is 1. The van der Waals surface area contributed by atoms with E-state index in [0.717, 1.165) is 12.1 Å². The summed E-state index contributed by atoms with van der Waals surface area (Å²) in [7, 11) is 1.11. The van der Waals surface area contributed by atoms with Crippen LogP contribution in [0.15, 0.2) is 21.9 Å². The first kappa shape index (κ1) is 11.2. The Balaban J connectivity index is 3.54. The minimum absolute atomic E-state index is 0.0225. The highest BCUT2D eigenvalue weighted by atomic mass is 35.7. The van der Waals surface area contributed by atoms with E-state index in [1.165, 1.54) is 0 Å². The minimum atomic E-state index is -3.95. The molecule has 0 aliphatic heterocycles. The van der Waals surface area contributed by atoms with Gasteiger partial charge in [-0.1, -0.05) is 0 Å². The molecule has 0 heterocycles. The summed E-state index contributed by atoms with van der Waals surface area (Å²) in [6, 6.07) is 3.70. The van der Waals surface area contributed by atoms with Crippen LogP contribution in [0.2, 0.25) is 0 Å². The van der Waals surface area contributed by atoms with Gasteiger partial charge in [0.1, 0.15) is 11.8 Å². The zero-order valence-electron chi connectivity index (χ0n) is 6.60. The van der Waals surface area contributed by atoms with E-state index in [9.17, 15) is 13.5 Å². The molecule has 0 aromatic heterocycles. The van der Waals surface area contributed by atoms with Crippen LogP contribution < -0.4 is 0 Å². The highest BCUT2D eigenvalue weighted by Crippen LogP contribution is 2.29. The molecule has 0 atom stereocenters. The van der Waals surface area contributed by atoms with Gasteiger partial charge >= 0.3 is 0 Å². The predicted octanol–water partition coefficient (Wildman–Crippen LogP) is 1.48. The van der Waals surface area contributed by atoms with Crippen molar-refractivity contribution < 1.29 is 13.5 Å². The lowest BCUT2D eigenvalue weighted by atomic mass is 10.2. The lowest BCUT2D eigenvalue weighted by Crippen LogP contribution is -1.93.